The molecule has 1 unspecified atom stereocenters. The maximum Gasteiger partial charge on any atom is 0.111 e. The Labute approximate surface area is 116 Å². The zero-order valence-electron chi connectivity index (χ0n) is 12.2. The Hall–Kier alpha value is -0.453. The standard InChI is InChI=1S/C13H24NO4Si/c1-12(2,3)13(7-14,19(4)5)11-10(17)9(16)8(6-15)18-11/h8-11,15-17H,6H2,1-5H3/t8-,9-,10-,11+,13?/m1/s1. The Morgan fingerprint density at radius 3 is 2.00 bits per heavy atom. The largest absolute Gasteiger partial charge is 0.394 e. The predicted molar refractivity (Wildman–Crippen MR) is 73.0 cm³/mol. The van der Waals surface area contributed by atoms with Crippen LogP contribution in [0.1, 0.15) is 20.8 Å². The van der Waals surface area contributed by atoms with Gasteiger partial charge >= 0.3 is 0 Å². The smallest absolute Gasteiger partial charge is 0.111 e. The molecule has 0 saturated carbocycles. The molecule has 5 atom stereocenters. The number of nitrogens with zero attached hydrogens (tertiary/aromatic N) is 1. The molecule has 1 fully saturated rings. The molecule has 19 heavy (non-hydrogen) atoms. The summed E-state index contributed by atoms with van der Waals surface area (Å²) in [5.74, 6) is 0. The molecule has 1 aliphatic heterocycles. The molecule has 0 aromatic carbocycles. The van der Waals surface area contributed by atoms with Crippen LogP contribution in [-0.2, 0) is 4.74 Å². The van der Waals surface area contributed by atoms with Gasteiger partial charge in [-0.05, 0) is 5.41 Å². The molecular weight excluding hydrogens is 262 g/mol. The van der Waals surface area contributed by atoms with Crippen LogP contribution in [0.15, 0.2) is 0 Å². The van der Waals surface area contributed by atoms with Crippen molar-refractivity contribution in [2.45, 2.75) is 63.3 Å². The molecule has 0 aliphatic carbocycles. The van der Waals surface area contributed by atoms with Gasteiger partial charge in [0.15, 0.2) is 0 Å². The van der Waals surface area contributed by atoms with Crippen molar-refractivity contribution in [1.29, 1.82) is 5.26 Å². The van der Waals surface area contributed by atoms with E-state index in [0.29, 0.717) is 0 Å². The number of hydrogen-bond acceptors (Lipinski definition) is 5. The normalized spacial score (nSPS) is 35.2. The van der Waals surface area contributed by atoms with Crippen molar-refractivity contribution in [3.05, 3.63) is 0 Å². The summed E-state index contributed by atoms with van der Waals surface area (Å²) in [6.07, 6.45) is -3.88. The summed E-state index contributed by atoms with van der Waals surface area (Å²) in [5.41, 5.74) is -0.394. The van der Waals surface area contributed by atoms with Crippen LogP contribution in [0.5, 0.6) is 0 Å². The average Bonchev–Trinajstić information content (AvgIpc) is 2.56. The summed E-state index contributed by atoms with van der Waals surface area (Å²) in [7, 11) is -1.15. The summed E-state index contributed by atoms with van der Waals surface area (Å²) < 4.78 is 5.63. The lowest BCUT2D eigenvalue weighted by Crippen LogP contribution is -2.51. The van der Waals surface area contributed by atoms with E-state index in [0.717, 1.165) is 0 Å². The van der Waals surface area contributed by atoms with Gasteiger partial charge in [0.2, 0.25) is 0 Å². The highest BCUT2D eigenvalue weighted by molar-refractivity contribution is 6.61. The number of rotatable bonds is 3. The van der Waals surface area contributed by atoms with Crippen LogP contribution >= 0.6 is 0 Å². The van der Waals surface area contributed by atoms with Crippen molar-refractivity contribution in [3.8, 4) is 6.07 Å². The molecule has 1 heterocycles. The van der Waals surface area contributed by atoms with Crippen LogP contribution in [0.3, 0.4) is 0 Å². The lowest BCUT2D eigenvalue weighted by atomic mass is 9.75. The summed E-state index contributed by atoms with van der Waals surface area (Å²) in [6.45, 7) is 9.49. The first-order valence-electron chi connectivity index (χ1n) is 6.47. The molecule has 0 spiro atoms. The monoisotopic (exact) mass is 286 g/mol. The van der Waals surface area contributed by atoms with Gasteiger partial charge in [0.05, 0.1) is 26.5 Å². The molecule has 6 heteroatoms. The molecule has 0 bridgehead atoms. The molecule has 0 amide bonds. The van der Waals surface area contributed by atoms with Crippen LogP contribution in [-0.4, -0.2) is 55.1 Å². The average molecular weight is 286 g/mol. The summed E-state index contributed by atoms with van der Waals surface area (Å²) in [5, 5.41) is 38.2. The lowest BCUT2D eigenvalue weighted by molar-refractivity contribution is -0.0473. The van der Waals surface area contributed by atoms with Crippen molar-refractivity contribution in [2.75, 3.05) is 6.61 Å². The van der Waals surface area contributed by atoms with Crippen LogP contribution in [0.2, 0.25) is 18.1 Å². The van der Waals surface area contributed by atoms with E-state index in [1.165, 1.54) is 0 Å². The van der Waals surface area contributed by atoms with Crippen LogP contribution < -0.4 is 0 Å². The van der Waals surface area contributed by atoms with Crippen molar-refractivity contribution in [2.24, 2.45) is 5.41 Å². The topological polar surface area (TPSA) is 93.7 Å². The lowest BCUT2D eigenvalue weighted by Gasteiger charge is -2.46. The SMILES string of the molecule is C[Si](C)C(C#N)([C@H]1O[C@H](CO)[C@@H](O)[C@H]1O)C(C)(C)C. The van der Waals surface area contributed by atoms with E-state index in [4.69, 9.17) is 4.74 Å². The number of hydrogen-bond donors (Lipinski definition) is 3. The number of aliphatic hydroxyl groups is 3. The minimum absolute atomic E-state index is 0.365. The molecule has 3 N–H and O–H groups in total. The van der Waals surface area contributed by atoms with Gasteiger partial charge in [-0.3, -0.25) is 0 Å². The van der Waals surface area contributed by atoms with Crippen molar-refractivity contribution >= 4 is 8.80 Å². The Morgan fingerprint density at radius 1 is 1.21 bits per heavy atom. The second-order valence-corrected chi connectivity index (χ2v) is 9.22. The first-order valence-corrected chi connectivity index (χ1v) is 8.97. The molecule has 1 rings (SSSR count). The van der Waals surface area contributed by atoms with Gasteiger partial charge in [-0.2, -0.15) is 5.26 Å². The third kappa shape index (κ3) is 2.46. The summed E-state index contributed by atoms with van der Waals surface area (Å²) >= 11 is 0. The van der Waals surface area contributed by atoms with Gasteiger partial charge < -0.3 is 20.1 Å². The van der Waals surface area contributed by atoms with E-state index >= 15 is 0 Å². The second-order valence-electron chi connectivity index (χ2n) is 6.43. The molecular formula is C13H24NO4Si. The first-order chi connectivity index (χ1) is 8.63. The second kappa shape index (κ2) is 5.50. The Balaban J connectivity index is 3.26. The Morgan fingerprint density at radius 2 is 1.74 bits per heavy atom. The quantitative estimate of drug-likeness (QED) is 0.658. The summed E-state index contributed by atoms with van der Waals surface area (Å²) in [4.78, 5) is 0. The minimum atomic E-state index is -1.15. The van der Waals surface area contributed by atoms with E-state index < -0.39 is 43.7 Å². The molecule has 1 saturated heterocycles. The van der Waals surface area contributed by atoms with Gasteiger partial charge in [-0.25, -0.2) is 0 Å². The zero-order chi connectivity index (χ0) is 15.0. The maximum atomic E-state index is 10.2. The molecule has 1 radical (unpaired) electrons. The maximum absolute atomic E-state index is 10.2. The highest BCUT2D eigenvalue weighted by Crippen LogP contribution is 2.54. The molecule has 1 aliphatic rings. The van der Waals surface area contributed by atoms with Crippen LogP contribution in [0.25, 0.3) is 0 Å². The third-order valence-corrected chi connectivity index (χ3v) is 6.84. The molecule has 5 nitrogen and oxygen atoms in total. The fourth-order valence-corrected chi connectivity index (χ4v) is 5.59. The number of nitriles is 1. The third-order valence-electron chi connectivity index (χ3n) is 4.12. The van der Waals surface area contributed by atoms with Gasteiger partial charge in [-0.1, -0.05) is 33.9 Å². The van der Waals surface area contributed by atoms with Crippen LogP contribution in [0.4, 0.5) is 0 Å². The fraction of sp³-hybridized carbons (Fsp3) is 0.923. The van der Waals surface area contributed by atoms with Crippen molar-refractivity contribution in [3.63, 3.8) is 0 Å². The van der Waals surface area contributed by atoms with Gasteiger partial charge in [0.1, 0.15) is 24.4 Å². The fourth-order valence-electron chi connectivity index (χ4n) is 3.06. The van der Waals surface area contributed by atoms with Crippen LogP contribution in [0, 0.1) is 16.7 Å². The molecule has 0 aromatic rings. The number of aliphatic hydroxyl groups excluding tert-OH is 3. The van der Waals surface area contributed by atoms with E-state index in [-0.39, 0.29) is 6.61 Å². The van der Waals surface area contributed by atoms with Crippen molar-refractivity contribution in [1.82, 2.24) is 0 Å². The van der Waals surface area contributed by atoms with E-state index in [1.807, 2.05) is 33.9 Å². The highest BCUT2D eigenvalue weighted by atomic mass is 28.3. The van der Waals surface area contributed by atoms with E-state index in [1.54, 1.807) is 0 Å². The zero-order valence-corrected chi connectivity index (χ0v) is 13.2. The van der Waals surface area contributed by atoms with Crippen molar-refractivity contribution < 1.29 is 20.1 Å². The Kier molecular flexibility index (Phi) is 4.81. The van der Waals surface area contributed by atoms with E-state index in [9.17, 15) is 20.6 Å². The predicted octanol–water partition coefficient (Wildman–Crippen LogP) is 0.532. The van der Waals surface area contributed by atoms with E-state index in [2.05, 4.69) is 6.07 Å². The van der Waals surface area contributed by atoms with Gasteiger partial charge in [-0.15, -0.1) is 0 Å². The minimum Gasteiger partial charge on any atom is -0.394 e. The summed E-state index contributed by atoms with van der Waals surface area (Å²) in [6, 6.07) is 2.36. The molecule has 0 aromatic heterocycles. The first kappa shape index (κ1) is 16.6. The Bertz CT molecular complexity index is 363. The molecule has 109 valence electrons. The van der Waals surface area contributed by atoms with Gasteiger partial charge in [0.25, 0.3) is 0 Å². The number of ether oxygens (including phenoxy) is 1. The van der Waals surface area contributed by atoms with Gasteiger partial charge in [0, 0.05) is 0 Å². The highest BCUT2D eigenvalue weighted by Gasteiger charge is 2.60.